The topological polar surface area (TPSA) is 52.7 Å². The molecule has 3 rings (SSSR count). The number of nitrogens with one attached hydrogen (secondary N) is 1. The number of amides is 2. The van der Waals surface area contributed by atoms with Crippen molar-refractivity contribution in [1.29, 1.82) is 0 Å². The molecule has 0 aliphatic carbocycles. The van der Waals surface area contributed by atoms with E-state index in [1.807, 2.05) is 0 Å². The molecule has 2 amide bonds. The molecule has 1 N–H and O–H groups in total. The highest BCUT2D eigenvalue weighted by Gasteiger charge is 2.33. The fourth-order valence-electron chi connectivity index (χ4n) is 3.82. The number of carbonyl (C=O) groups excluding carboxylic acids is 2. The SMILES string of the molecule is CN1CCC(NC(=O)[C@@H]2CCC(=O)N(Cc3cccc(C(F)(F)F)c3)C2)CC1. The second kappa shape index (κ2) is 8.51. The summed E-state index contributed by atoms with van der Waals surface area (Å²) in [6, 6.07) is 5.15. The molecule has 0 aromatic heterocycles. The zero-order valence-electron chi connectivity index (χ0n) is 16.0. The van der Waals surface area contributed by atoms with Crippen LogP contribution in [0.25, 0.3) is 0 Å². The molecule has 2 fully saturated rings. The first-order valence-corrected chi connectivity index (χ1v) is 9.65. The minimum Gasteiger partial charge on any atom is -0.353 e. The van der Waals surface area contributed by atoms with Crippen molar-refractivity contribution in [3.05, 3.63) is 35.4 Å². The van der Waals surface area contributed by atoms with Crippen LogP contribution in [0.15, 0.2) is 24.3 Å². The minimum absolute atomic E-state index is 0.0592. The molecule has 0 radical (unpaired) electrons. The van der Waals surface area contributed by atoms with Crippen molar-refractivity contribution in [3.63, 3.8) is 0 Å². The van der Waals surface area contributed by atoms with Gasteiger partial charge in [-0.1, -0.05) is 12.1 Å². The van der Waals surface area contributed by atoms with Crippen LogP contribution in [-0.2, 0) is 22.3 Å². The molecule has 1 aromatic rings. The number of halogens is 3. The van der Waals surface area contributed by atoms with Crippen LogP contribution in [0.5, 0.6) is 0 Å². The van der Waals surface area contributed by atoms with E-state index < -0.39 is 11.7 Å². The van der Waals surface area contributed by atoms with Gasteiger partial charge in [-0.2, -0.15) is 13.2 Å². The van der Waals surface area contributed by atoms with Gasteiger partial charge >= 0.3 is 6.18 Å². The summed E-state index contributed by atoms with van der Waals surface area (Å²) < 4.78 is 38.7. The first-order chi connectivity index (χ1) is 13.2. The average molecular weight is 397 g/mol. The van der Waals surface area contributed by atoms with Crippen molar-refractivity contribution < 1.29 is 22.8 Å². The molecule has 0 saturated carbocycles. The van der Waals surface area contributed by atoms with Gasteiger partial charge in [0.05, 0.1) is 11.5 Å². The van der Waals surface area contributed by atoms with Crippen LogP contribution in [0, 0.1) is 5.92 Å². The summed E-state index contributed by atoms with van der Waals surface area (Å²) in [5, 5.41) is 3.09. The minimum atomic E-state index is -4.42. The molecular formula is C20H26F3N3O2. The number of nitrogens with zero attached hydrogens (tertiary/aromatic N) is 2. The summed E-state index contributed by atoms with van der Waals surface area (Å²) in [7, 11) is 2.05. The Morgan fingerprint density at radius 3 is 2.61 bits per heavy atom. The van der Waals surface area contributed by atoms with E-state index in [9.17, 15) is 22.8 Å². The normalized spacial score (nSPS) is 22.4. The highest BCUT2D eigenvalue weighted by molar-refractivity contribution is 5.84. The van der Waals surface area contributed by atoms with E-state index in [-0.39, 0.29) is 43.3 Å². The molecule has 2 saturated heterocycles. The molecule has 2 aliphatic heterocycles. The number of hydrogen-bond acceptors (Lipinski definition) is 3. The molecule has 2 aliphatic rings. The van der Waals surface area contributed by atoms with Crippen molar-refractivity contribution in [3.8, 4) is 0 Å². The monoisotopic (exact) mass is 397 g/mol. The number of likely N-dealkylation sites (tertiary alicyclic amines) is 2. The standard InChI is InChI=1S/C20H26F3N3O2/c1-25-9-7-17(8-10-25)24-19(28)15-5-6-18(27)26(13-15)12-14-3-2-4-16(11-14)20(21,22)23/h2-4,11,15,17H,5-10,12-13H2,1H3,(H,24,28)/t15-/m1/s1. The first-order valence-electron chi connectivity index (χ1n) is 9.65. The number of carbonyl (C=O) groups is 2. The number of alkyl halides is 3. The highest BCUT2D eigenvalue weighted by atomic mass is 19.4. The van der Waals surface area contributed by atoms with Crippen LogP contribution in [0.2, 0.25) is 0 Å². The predicted molar refractivity (Wildman–Crippen MR) is 98.2 cm³/mol. The molecule has 0 spiro atoms. The molecule has 28 heavy (non-hydrogen) atoms. The lowest BCUT2D eigenvalue weighted by Crippen LogP contribution is -2.49. The van der Waals surface area contributed by atoms with Gasteiger partial charge in [-0.3, -0.25) is 9.59 Å². The van der Waals surface area contributed by atoms with E-state index in [2.05, 4.69) is 17.3 Å². The van der Waals surface area contributed by atoms with Crippen LogP contribution in [0.3, 0.4) is 0 Å². The van der Waals surface area contributed by atoms with Crippen molar-refractivity contribution >= 4 is 11.8 Å². The highest BCUT2D eigenvalue weighted by Crippen LogP contribution is 2.30. The van der Waals surface area contributed by atoms with Crippen LogP contribution < -0.4 is 5.32 Å². The lowest BCUT2D eigenvalue weighted by atomic mass is 9.95. The van der Waals surface area contributed by atoms with Gasteiger partial charge in [0.2, 0.25) is 11.8 Å². The first kappa shape index (κ1) is 20.6. The third-order valence-corrected chi connectivity index (χ3v) is 5.56. The van der Waals surface area contributed by atoms with Gasteiger partial charge in [0.1, 0.15) is 0 Å². The Bertz CT molecular complexity index is 715. The van der Waals surface area contributed by atoms with Crippen LogP contribution in [0.1, 0.15) is 36.8 Å². The summed E-state index contributed by atoms with van der Waals surface area (Å²) in [6.07, 6.45) is -1.89. The van der Waals surface area contributed by atoms with Gasteiger partial charge in [-0.15, -0.1) is 0 Å². The van der Waals surface area contributed by atoms with E-state index in [1.54, 1.807) is 6.07 Å². The van der Waals surface area contributed by atoms with E-state index in [1.165, 1.54) is 11.0 Å². The Labute approximate surface area is 162 Å². The molecule has 0 unspecified atom stereocenters. The van der Waals surface area contributed by atoms with E-state index in [0.717, 1.165) is 38.1 Å². The zero-order valence-corrected chi connectivity index (χ0v) is 16.0. The Morgan fingerprint density at radius 1 is 1.21 bits per heavy atom. The van der Waals surface area contributed by atoms with Crippen molar-refractivity contribution in [2.24, 2.45) is 5.92 Å². The van der Waals surface area contributed by atoms with Crippen LogP contribution >= 0.6 is 0 Å². The summed E-state index contributed by atoms with van der Waals surface area (Å²) in [5.74, 6) is -0.500. The molecule has 1 aromatic carbocycles. The fraction of sp³-hybridized carbons (Fsp3) is 0.600. The van der Waals surface area contributed by atoms with Crippen molar-refractivity contribution in [1.82, 2.24) is 15.1 Å². The van der Waals surface area contributed by atoms with Gasteiger partial charge < -0.3 is 15.1 Å². The quantitative estimate of drug-likeness (QED) is 0.850. The van der Waals surface area contributed by atoms with Gasteiger partial charge in [-0.25, -0.2) is 0 Å². The second-order valence-corrected chi connectivity index (χ2v) is 7.79. The van der Waals surface area contributed by atoms with Gasteiger partial charge in [0.15, 0.2) is 0 Å². The molecule has 5 nitrogen and oxygen atoms in total. The predicted octanol–water partition coefficient (Wildman–Crippen LogP) is 2.65. The third-order valence-electron chi connectivity index (χ3n) is 5.56. The molecule has 2 heterocycles. The summed E-state index contributed by atoms with van der Waals surface area (Å²) in [6.45, 7) is 2.21. The fourth-order valence-corrected chi connectivity index (χ4v) is 3.82. The maximum Gasteiger partial charge on any atom is 0.416 e. The van der Waals surface area contributed by atoms with E-state index in [4.69, 9.17) is 0 Å². The lowest BCUT2D eigenvalue weighted by Gasteiger charge is -2.34. The molecule has 0 bridgehead atoms. The Hall–Kier alpha value is -2.09. The number of rotatable bonds is 4. The molecular weight excluding hydrogens is 371 g/mol. The second-order valence-electron chi connectivity index (χ2n) is 7.79. The molecule has 8 heteroatoms. The number of benzene rings is 1. The lowest BCUT2D eigenvalue weighted by molar-refractivity contribution is -0.139. The van der Waals surface area contributed by atoms with Crippen molar-refractivity contribution in [2.75, 3.05) is 26.7 Å². The molecule has 154 valence electrons. The molecule has 1 atom stereocenters. The number of piperidine rings is 2. The Morgan fingerprint density at radius 2 is 1.93 bits per heavy atom. The smallest absolute Gasteiger partial charge is 0.353 e. The Balaban J connectivity index is 1.60. The van der Waals surface area contributed by atoms with E-state index in [0.29, 0.717) is 12.0 Å². The third kappa shape index (κ3) is 5.25. The van der Waals surface area contributed by atoms with Crippen LogP contribution in [0.4, 0.5) is 13.2 Å². The van der Waals surface area contributed by atoms with E-state index >= 15 is 0 Å². The van der Waals surface area contributed by atoms with Gasteiger partial charge in [-0.05, 0) is 57.1 Å². The zero-order chi connectivity index (χ0) is 20.3. The van der Waals surface area contributed by atoms with Gasteiger partial charge in [0.25, 0.3) is 0 Å². The maximum atomic E-state index is 12.9. The van der Waals surface area contributed by atoms with Crippen LogP contribution in [-0.4, -0.2) is 54.3 Å². The summed E-state index contributed by atoms with van der Waals surface area (Å²) in [4.78, 5) is 28.6. The van der Waals surface area contributed by atoms with Crippen molar-refractivity contribution in [2.45, 2.75) is 44.4 Å². The van der Waals surface area contributed by atoms with Gasteiger partial charge in [0, 0.05) is 25.6 Å². The summed E-state index contributed by atoms with van der Waals surface area (Å²) >= 11 is 0. The average Bonchev–Trinajstić information content (AvgIpc) is 2.65. The number of hydrogen-bond donors (Lipinski definition) is 1. The summed E-state index contributed by atoms with van der Waals surface area (Å²) in [5.41, 5.74) is -0.314. The Kier molecular flexibility index (Phi) is 6.27. The largest absolute Gasteiger partial charge is 0.416 e. The maximum absolute atomic E-state index is 12.9.